The van der Waals surface area contributed by atoms with Gasteiger partial charge >= 0.3 is 0 Å². The number of likely N-dealkylation sites (tertiary alicyclic amines) is 1. The molecule has 2 heterocycles. The largest absolute Gasteiger partial charge is 0.491 e. The number of halogens is 1. The molecular formula is C18H27ClN2O3. The summed E-state index contributed by atoms with van der Waals surface area (Å²) in [7, 11) is 0. The molecule has 0 radical (unpaired) electrons. The Hall–Kier alpha value is -1.30. The van der Waals surface area contributed by atoms with Crippen LogP contribution in [0.4, 0.5) is 0 Å². The second kappa shape index (κ2) is 9.25. The van der Waals surface area contributed by atoms with Crippen molar-refractivity contribution in [3.63, 3.8) is 0 Å². The number of rotatable bonds is 5. The Bertz CT molecular complexity index is 535. The summed E-state index contributed by atoms with van der Waals surface area (Å²) >= 11 is 0. The van der Waals surface area contributed by atoms with Gasteiger partial charge in [-0.3, -0.25) is 4.79 Å². The van der Waals surface area contributed by atoms with Crippen molar-refractivity contribution in [1.82, 2.24) is 4.90 Å². The third-order valence-corrected chi connectivity index (χ3v) is 4.70. The Morgan fingerprint density at radius 1 is 1.29 bits per heavy atom. The fraction of sp³-hybridized carbons (Fsp3) is 0.611. The Morgan fingerprint density at radius 3 is 2.92 bits per heavy atom. The van der Waals surface area contributed by atoms with Gasteiger partial charge in [-0.1, -0.05) is 6.07 Å². The Balaban J connectivity index is 0.00000208. The van der Waals surface area contributed by atoms with Crippen LogP contribution in [-0.2, 0) is 4.74 Å². The van der Waals surface area contributed by atoms with Crippen LogP contribution in [0.1, 0.15) is 42.5 Å². The molecular weight excluding hydrogens is 328 g/mol. The van der Waals surface area contributed by atoms with Crippen LogP contribution >= 0.6 is 12.4 Å². The van der Waals surface area contributed by atoms with Gasteiger partial charge in [0, 0.05) is 31.3 Å². The van der Waals surface area contributed by atoms with Crippen molar-refractivity contribution in [2.24, 2.45) is 5.73 Å². The summed E-state index contributed by atoms with van der Waals surface area (Å²) in [5.41, 5.74) is 6.50. The maximum Gasteiger partial charge on any atom is 0.254 e. The lowest BCUT2D eigenvalue weighted by atomic mass is 10.0. The summed E-state index contributed by atoms with van der Waals surface area (Å²) < 4.78 is 11.4. The molecule has 2 atom stereocenters. The average molecular weight is 355 g/mol. The van der Waals surface area contributed by atoms with E-state index in [-0.39, 0.29) is 30.5 Å². The summed E-state index contributed by atoms with van der Waals surface area (Å²) in [6.07, 6.45) is 5.52. The van der Waals surface area contributed by atoms with Crippen molar-refractivity contribution in [1.29, 1.82) is 0 Å². The van der Waals surface area contributed by atoms with Crippen molar-refractivity contribution in [2.75, 3.05) is 26.3 Å². The molecule has 6 heteroatoms. The minimum absolute atomic E-state index is 0. The molecule has 2 N–H and O–H groups in total. The monoisotopic (exact) mass is 354 g/mol. The summed E-state index contributed by atoms with van der Waals surface area (Å²) in [4.78, 5) is 14.7. The minimum atomic E-state index is 0. The molecule has 0 spiro atoms. The molecule has 134 valence electrons. The lowest BCUT2D eigenvalue weighted by molar-refractivity contribution is 0.0620. The number of amides is 1. The number of hydrogen-bond donors (Lipinski definition) is 1. The highest BCUT2D eigenvalue weighted by molar-refractivity contribution is 5.94. The number of benzene rings is 1. The number of carbonyl (C=O) groups is 1. The van der Waals surface area contributed by atoms with E-state index in [0.29, 0.717) is 18.7 Å². The fourth-order valence-corrected chi connectivity index (χ4v) is 3.36. The van der Waals surface area contributed by atoms with E-state index < -0.39 is 0 Å². The average Bonchev–Trinajstić information content (AvgIpc) is 3.13. The molecule has 1 aromatic rings. The van der Waals surface area contributed by atoms with Gasteiger partial charge in [0.1, 0.15) is 12.4 Å². The predicted molar refractivity (Wildman–Crippen MR) is 95.9 cm³/mol. The maximum absolute atomic E-state index is 12.8. The standard InChI is InChI=1S/C18H26N2O3.ClH/c19-12-15-6-1-2-9-20(15)18(21)14-5-3-7-16(11-14)23-13-17-8-4-10-22-17;/h3,5,7,11,15,17H,1-2,4,6,8-10,12-13,19H2;1H. The van der Waals surface area contributed by atoms with Gasteiger partial charge in [0.25, 0.3) is 5.91 Å². The third kappa shape index (κ3) is 4.62. The first-order valence-corrected chi connectivity index (χ1v) is 8.63. The molecule has 2 aliphatic rings. The molecule has 0 aliphatic carbocycles. The number of nitrogens with two attached hydrogens (primary N) is 1. The van der Waals surface area contributed by atoms with Crippen LogP contribution in [0.2, 0.25) is 0 Å². The molecule has 1 aromatic carbocycles. The van der Waals surface area contributed by atoms with Gasteiger partial charge in [-0.15, -0.1) is 12.4 Å². The number of ether oxygens (including phenoxy) is 2. The zero-order chi connectivity index (χ0) is 16.1. The SMILES string of the molecule is Cl.NCC1CCCCN1C(=O)c1cccc(OCC2CCCO2)c1. The van der Waals surface area contributed by atoms with Gasteiger partial charge in [0.2, 0.25) is 0 Å². The van der Waals surface area contributed by atoms with Gasteiger partial charge in [0.05, 0.1) is 6.10 Å². The predicted octanol–water partition coefficient (Wildman–Crippen LogP) is 2.62. The second-order valence-corrected chi connectivity index (χ2v) is 6.36. The van der Waals surface area contributed by atoms with Gasteiger partial charge in [0.15, 0.2) is 0 Å². The van der Waals surface area contributed by atoms with E-state index in [2.05, 4.69) is 0 Å². The third-order valence-electron chi connectivity index (χ3n) is 4.70. The molecule has 1 amide bonds. The quantitative estimate of drug-likeness (QED) is 0.882. The highest BCUT2D eigenvalue weighted by Gasteiger charge is 2.26. The van der Waals surface area contributed by atoms with Gasteiger partial charge in [-0.2, -0.15) is 0 Å². The van der Waals surface area contributed by atoms with E-state index in [4.69, 9.17) is 15.2 Å². The number of nitrogens with zero attached hydrogens (tertiary/aromatic N) is 1. The smallest absolute Gasteiger partial charge is 0.254 e. The lowest BCUT2D eigenvalue weighted by Gasteiger charge is -2.35. The van der Waals surface area contributed by atoms with E-state index in [1.54, 1.807) is 0 Å². The van der Waals surface area contributed by atoms with Crippen LogP contribution in [0.3, 0.4) is 0 Å². The fourth-order valence-electron chi connectivity index (χ4n) is 3.36. The van der Waals surface area contributed by atoms with Crippen LogP contribution in [0, 0.1) is 0 Å². The zero-order valence-corrected chi connectivity index (χ0v) is 14.8. The number of carbonyl (C=O) groups excluding carboxylic acids is 1. The molecule has 5 nitrogen and oxygen atoms in total. The van der Waals surface area contributed by atoms with Crippen molar-refractivity contribution in [3.05, 3.63) is 29.8 Å². The molecule has 2 saturated heterocycles. The first kappa shape index (κ1) is 19.0. The first-order chi connectivity index (χ1) is 11.3. The Kier molecular flexibility index (Phi) is 7.34. The Morgan fingerprint density at radius 2 is 2.17 bits per heavy atom. The Labute approximate surface area is 149 Å². The van der Waals surface area contributed by atoms with E-state index in [0.717, 1.165) is 51.0 Å². The topological polar surface area (TPSA) is 64.8 Å². The second-order valence-electron chi connectivity index (χ2n) is 6.36. The summed E-state index contributed by atoms with van der Waals surface area (Å²) in [5.74, 6) is 0.787. The van der Waals surface area contributed by atoms with Crippen LogP contribution in [-0.4, -0.2) is 49.3 Å². The highest BCUT2D eigenvalue weighted by Crippen LogP contribution is 2.22. The minimum Gasteiger partial charge on any atom is -0.491 e. The van der Waals surface area contributed by atoms with Crippen molar-refractivity contribution in [3.8, 4) is 5.75 Å². The van der Waals surface area contributed by atoms with Crippen LogP contribution in [0.25, 0.3) is 0 Å². The molecule has 2 unspecified atom stereocenters. The molecule has 0 aromatic heterocycles. The normalized spacial score (nSPS) is 23.6. The molecule has 3 rings (SSSR count). The summed E-state index contributed by atoms with van der Waals surface area (Å²) in [6.45, 7) is 2.69. The lowest BCUT2D eigenvalue weighted by Crippen LogP contribution is -2.47. The van der Waals surface area contributed by atoms with Gasteiger partial charge in [-0.05, 0) is 50.3 Å². The number of piperidine rings is 1. The van der Waals surface area contributed by atoms with E-state index in [9.17, 15) is 4.79 Å². The van der Waals surface area contributed by atoms with E-state index in [1.165, 1.54) is 0 Å². The molecule has 0 bridgehead atoms. The molecule has 24 heavy (non-hydrogen) atoms. The van der Waals surface area contributed by atoms with Crippen molar-refractivity contribution < 1.29 is 14.3 Å². The van der Waals surface area contributed by atoms with E-state index in [1.807, 2.05) is 29.2 Å². The van der Waals surface area contributed by atoms with E-state index >= 15 is 0 Å². The zero-order valence-electron chi connectivity index (χ0n) is 14.0. The molecule has 2 aliphatic heterocycles. The molecule has 2 fully saturated rings. The van der Waals surface area contributed by atoms with Crippen molar-refractivity contribution >= 4 is 18.3 Å². The van der Waals surface area contributed by atoms with Crippen LogP contribution < -0.4 is 10.5 Å². The maximum atomic E-state index is 12.8. The molecule has 0 saturated carbocycles. The van der Waals surface area contributed by atoms with Crippen LogP contribution in [0.15, 0.2) is 24.3 Å². The summed E-state index contributed by atoms with van der Waals surface area (Å²) in [6, 6.07) is 7.61. The van der Waals surface area contributed by atoms with Crippen molar-refractivity contribution in [2.45, 2.75) is 44.2 Å². The van der Waals surface area contributed by atoms with Gasteiger partial charge < -0.3 is 20.1 Å². The van der Waals surface area contributed by atoms with Gasteiger partial charge in [-0.25, -0.2) is 0 Å². The van der Waals surface area contributed by atoms with Crippen LogP contribution in [0.5, 0.6) is 5.75 Å². The number of hydrogen-bond acceptors (Lipinski definition) is 4. The highest BCUT2D eigenvalue weighted by atomic mass is 35.5. The summed E-state index contributed by atoms with van der Waals surface area (Å²) in [5, 5.41) is 0. The first-order valence-electron chi connectivity index (χ1n) is 8.63.